The first kappa shape index (κ1) is 21.4. The summed E-state index contributed by atoms with van der Waals surface area (Å²) in [4.78, 5) is 24.0. The van der Waals surface area contributed by atoms with E-state index in [0.717, 1.165) is 29.4 Å². The van der Waals surface area contributed by atoms with E-state index in [4.69, 9.17) is 11.6 Å². The molecule has 4 rings (SSSR count). The van der Waals surface area contributed by atoms with Gasteiger partial charge in [-0.15, -0.1) is 0 Å². The molecule has 0 aromatic carbocycles. The lowest BCUT2D eigenvalue weighted by molar-refractivity contribution is -0.141. The summed E-state index contributed by atoms with van der Waals surface area (Å²) in [5.74, 6) is -1.10. The fraction of sp³-hybridized carbons (Fsp3) is 0.381. The average molecular weight is 452 g/mol. The van der Waals surface area contributed by atoms with Gasteiger partial charge in [0.25, 0.3) is 0 Å². The number of halogens is 4. The van der Waals surface area contributed by atoms with Crippen LogP contribution in [-0.4, -0.2) is 39.6 Å². The minimum absolute atomic E-state index is 0.266. The molecule has 31 heavy (non-hydrogen) atoms. The van der Waals surface area contributed by atoms with Crippen LogP contribution in [-0.2, 0) is 4.79 Å². The summed E-state index contributed by atoms with van der Waals surface area (Å²) >= 11 is 6.08. The molecular weight excluding hydrogens is 431 g/mol. The van der Waals surface area contributed by atoms with Crippen LogP contribution >= 0.6 is 11.6 Å². The molecular formula is C21H21ClF3N5O. The van der Waals surface area contributed by atoms with E-state index in [2.05, 4.69) is 20.3 Å². The van der Waals surface area contributed by atoms with Gasteiger partial charge in [-0.2, -0.15) is 13.2 Å². The third kappa shape index (κ3) is 5.10. The molecule has 6 nitrogen and oxygen atoms in total. The first-order valence-electron chi connectivity index (χ1n) is 9.99. The fourth-order valence-corrected chi connectivity index (χ4v) is 4.19. The van der Waals surface area contributed by atoms with Gasteiger partial charge >= 0.3 is 6.18 Å². The summed E-state index contributed by atoms with van der Waals surface area (Å²) in [5.41, 5.74) is 3.10. The molecule has 1 aliphatic carbocycles. The maximum absolute atomic E-state index is 12.5. The second-order valence-electron chi connectivity index (χ2n) is 7.69. The van der Waals surface area contributed by atoms with E-state index in [1.807, 2.05) is 23.6 Å². The minimum atomic E-state index is -4.43. The Hall–Kier alpha value is -2.81. The van der Waals surface area contributed by atoms with Gasteiger partial charge in [0.2, 0.25) is 5.91 Å². The number of H-pyrrole nitrogens is 1. The van der Waals surface area contributed by atoms with Crippen molar-refractivity contribution in [3.05, 3.63) is 41.9 Å². The number of alkyl halides is 3. The quantitative estimate of drug-likeness (QED) is 0.513. The minimum Gasteiger partial charge on any atom is -0.380 e. The number of nitrogens with one attached hydrogen (secondary N) is 3. The highest BCUT2D eigenvalue weighted by Crippen LogP contribution is 2.32. The topological polar surface area (TPSA) is 82.7 Å². The molecule has 164 valence electrons. The van der Waals surface area contributed by atoms with Crippen molar-refractivity contribution in [3.63, 3.8) is 0 Å². The van der Waals surface area contributed by atoms with Gasteiger partial charge in [0.1, 0.15) is 12.2 Å². The summed E-state index contributed by atoms with van der Waals surface area (Å²) < 4.78 is 37.5. The predicted molar refractivity (Wildman–Crippen MR) is 113 cm³/mol. The van der Waals surface area contributed by atoms with Crippen molar-refractivity contribution in [1.29, 1.82) is 0 Å². The largest absolute Gasteiger partial charge is 0.405 e. The van der Waals surface area contributed by atoms with Crippen molar-refractivity contribution < 1.29 is 18.0 Å². The molecule has 1 unspecified atom stereocenters. The van der Waals surface area contributed by atoms with Crippen LogP contribution < -0.4 is 10.6 Å². The van der Waals surface area contributed by atoms with Crippen LogP contribution in [0, 0.1) is 5.92 Å². The van der Waals surface area contributed by atoms with Gasteiger partial charge in [-0.1, -0.05) is 24.4 Å². The van der Waals surface area contributed by atoms with E-state index < -0.39 is 24.5 Å². The van der Waals surface area contributed by atoms with Crippen molar-refractivity contribution in [2.45, 2.75) is 37.9 Å². The Morgan fingerprint density at radius 3 is 2.81 bits per heavy atom. The smallest absolute Gasteiger partial charge is 0.380 e. The molecule has 3 aromatic rings. The van der Waals surface area contributed by atoms with Gasteiger partial charge in [0.05, 0.1) is 16.6 Å². The maximum atomic E-state index is 12.5. The highest BCUT2D eigenvalue weighted by molar-refractivity contribution is 6.31. The molecule has 2 atom stereocenters. The van der Waals surface area contributed by atoms with Gasteiger partial charge in [-0.05, 0) is 25.0 Å². The lowest BCUT2D eigenvalue weighted by Gasteiger charge is -2.32. The predicted octanol–water partition coefficient (Wildman–Crippen LogP) is 4.93. The summed E-state index contributed by atoms with van der Waals surface area (Å²) in [6, 6.07) is 3.45. The maximum Gasteiger partial charge on any atom is 0.405 e. The summed E-state index contributed by atoms with van der Waals surface area (Å²) in [6.07, 6.45) is 5.26. The first-order valence-corrected chi connectivity index (χ1v) is 10.4. The molecule has 1 saturated carbocycles. The zero-order valence-electron chi connectivity index (χ0n) is 16.5. The Labute approximate surface area is 181 Å². The SMILES string of the molecule is O=C(NCC(F)(F)F)[C@@H]1CCCCC1Nc1cncc(-c2c[nH]c3ncc(Cl)cc23)c1. The molecule has 3 aromatic heterocycles. The van der Waals surface area contributed by atoms with Crippen LogP contribution in [0.25, 0.3) is 22.2 Å². The standard InChI is InChI=1S/C21H21ClF3N5O/c22-13-6-16-17(10-28-19(16)27-8-13)12-5-14(9-26-7-12)30-18-4-2-1-3-15(18)20(31)29-11-21(23,24)25/h5-10,15,18,30H,1-4,11H2,(H,27,28)(H,29,31)/t15-,18?/m1/s1. The Bertz CT molecular complexity index is 1080. The first-order chi connectivity index (χ1) is 14.8. The fourth-order valence-electron chi connectivity index (χ4n) is 4.03. The zero-order chi connectivity index (χ0) is 22.0. The third-order valence-electron chi connectivity index (χ3n) is 5.46. The van der Waals surface area contributed by atoms with Crippen LogP contribution in [0.3, 0.4) is 0 Å². The average Bonchev–Trinajstić information content (AvgIpc) is 3.15. The van der Waals surface area contributed by atoms with Gasteiger partial charge in [0, 0.05) is 47.3 Å². The number of fused-ring (bicyclic) bond motifs is 1. The van der Waals surface area contributed by atoms with E-state index >= 15 is 0 Å². The van der Waals surface area contributed by atoms with Crippen LogP contribution in [0.2, 0.25) is 5.02 Å². The zero-order valence-corrected chi connectivity index (χ0v) is 17.2. The number of nitrogens with zero attached hydrogens (tertiary/aromatic N) is 2. The molecule has 0 spiro atoms. The van der Waals surface area contributed by atoms with Crippen LogP contribution in [0.4, 0.5) is 18.9 Å². The number of hydrogen-bond acceptors (Lipinski definition) is 4. The van der Waals surface area contributed by atoms with Gasteiger partial charge in [-0.25, -0.2) is 4.98 Å². The Kier molecular flexibility index (Phi) is 6.04. The molecule has 3 N–H and O–H groups in total. The van der Waals surface area contributed by atoms with Crippen molar-refractivity contribution in [1.82, 2.24) is 20.3 Å². The van der Waals surface area contributed by atoms with Crippen LogP contribution in [0.5, 0.6) is 0 Å². The number of carbonyl (C=O) groups is 1. The molecule has 0 aliphatic heterocycles. The van der Waals surface area contributed by atoms with Gasteiger partial charge in [0.15, 0.2) is 0 Å². The van der Waals surface area contributed by atoms with E-state index in [9.17, 15) is 18.0 Å². The van der Waals surface area contributed by atoms with E-state index in [0.29, 0.717) is 29.2 Å². The van der Waals surface area contributed by atoms with Gasteiger partial charge < -0.3 is 15.6 Å². The molecule has 3 heterocycles. The number of pyridine rings is 2. The van der Waals surface area contributed by atoms with Crippen molar-refractivity contribution in [3.8, 4) is 11.1 Å². The Balaban J connectivity index is 1.53. The number of aromatic amines is 1. The van der Waals surface area contributed by atoms with Crippen LogP contribution in [0.15, 0.2) is 36.9 Å². The summed E-state index contributed by atoms with van der Waals surface area (Å²) in [6.45, 7) is -1.32. The van der Waals surface area contributed by atoms with E-state index in [1.54, 1.807) is 18.6 Å². The lowest BCUT2D eigenvalue weighted by Crippen LogP contribution is -2.45. The van der Waals surface area contributed by atoms with Crippen molar-refractivity contribution >= 4 is 34.2 Å². The van der Waals surface area contributed by atoms with E-state index in [1.165, 1.54) is 0 Å². The lowest BCUT2D eigenvalue weighted by atomic mass is 9.83. The van der Waals surface area contributed by atoms with E-state index in [-0.39, 0.29) is 6.04 Å². The number of hydrogen-bond donors (Lipinski definition) is 3. The number of carbonyl (C=O) groups excluding carboxylic acids is 1. The molecule has 1 fully saturated rings. The Morgan fingerprint density at radius 1 is 1.19 bits per heavy atom. The van der Waals surface area contributed by atoms with Crippen LogP contribution in [0.1, 0.15) is 25.7 Å². The highest BCUT2D eigenvalue weighted by Gasteiger charge is 2.34. The second kappa shape index (κ2) is 8.74. The number of anilines is 1. The highest BCUT2D eigenvalue weighted by atomic mass is 35.5. The Morgan fingerprint density at radius 2 is 2.00 bits per heavy atom. The van der Waals surface area contributed by atoms with Gasteiger partial charge in [-0.3, -0.25) is 9.78 Å². The molecule has 0 radical (unpaired) electrons. The number of amides is 1. The monoisotopic (exact) mass is 451 g/mol. The number of rotatable bonds is 5. The molecule has 0 bridgehead atoms. The normalized spacial score (nSPS) is 19.4. The number of aromatic nitrogens is 3. The second-order valence-corrected chi connectivity index (χ2v) is 8.13. The molecule has 1 amide bonds. The summed E-state index contributed by atoms with van der Waals surface area (Å²) in [5, 5.41) is 6.71. The van der Waals surface area contributed by atoms with Crippen molar-refractivity contribution in [2.24, 2.45) is 5.92 Å². The third-order valence-corrected chi connectivity index (χ3v) is 5.67. The van der Waals surface area contributed by atoms with Crippen molar-refractivity contribution in [2.75, 3.05) is 11.9 Å². The molecule has 10 heteroatoms. The summed E-state index contributed by atoms with van der Waals surface area (Å²) in [7, 11) is 0. The molecule has 0 saturated heterocycles. The molecule has 1 aliphatic rings.